The first-order valence-electron chi connectivity index (χ1n) is 6.51. The van der Waals surface area contributed by atoms with Crippen molar-refractivity contribution in [2.75, 3.05) is 0 Å². The molecule has 90 valence electrons. The highest BCUT2D eigenvalue weighted by molar-refractivity contribution is 5.37. The first-order chi connectivity index (χ1) is 8.31. The Kier molecular flexibility index (Phi) is 2.89. The van der Waals surface area contributed by atoms with Gasteiger partial charge in [0, 0.05) is 18.9 Å². The van der Waals surface area contributed by atoms with Crippen molar-refractivity contribution in [1.29, 1.82) is 0 Å². The number of hydrogen-bond donors (Lipinski definition) is 1. The predicted octanol–water partition coefficient (Wildman–Crippen LogP) is 2.82. The summed E-state index contributed by atoms with van der Waals surface area (Å²) in [6.45, 7) is 0. The smallest absolute Gasteiger partial charge is 0.123 e. The van der Waals surface area contributed by atoms with Crippen LogP contribution < -0.4 is 10.5 Å². The Morgan fingerprint density at radius 2 is 2.18 bits per heavy atom. The SMILES string of the molecule is NC1C=C(CC2Cc3ccccc3O2)CCC1. The number of benzene rings is 1. The Morgan fingerprint density at radius 3 is 3.00 bits per heavy atom. The van der Waals surface area contributed by atoms with Crippen molar-refractivity contribution >= 4 is 0 Å². The van der Waals surface area contributed by atoms with Gasteiger partial charge in [-0.3, -0.25) is 0 Å². The molecule has 3 rings (SSSR count). The van der Waals surface area contributed by atoms with Crippen LogP contribution in [0.3, 0.4) is 0 Å². The summed E-state index contributed by atoms with van der Waals surface area (Å²) in [4.78, 5) is 0. The Balaban J connectivity index is 1.66. The first-order valence-corrected chi connectivity index (χ1v) is 6.51. The molecule has 1 heterocycles. The minimum atomic E-state index is 0.266. The molecule has 1 aliphatic carbocycles. The molecule has 2 heteroatoms. The molecule has 1 aliphatic heterocycles. The molecule has 2 N–H and O–H groups in total. The molecule has 0 aromatic heterocycles. The zero-order chi connectivity index (χ0) is 11.7. The number of nitrogens with two attached hydrogens (primary N) is 1. The third-order valence-corrected chi connectivity index (χ3v) is 3.69. The lowest BCUT2D eigenvalue weighted by atomic mass is 9.91. The summed E-state index contributed by atoms with van der Waals surface area (Å²) < 4.78 is 5.96. The zero-order valence-electron chi connectivity index (χ0n) is 10.1. The van der Waals surface area contributed by atoms with Crippen LogP contribution >= 0.6 is 0 Å². The fourth-order valence-electron chi connectivity index (χ4n) is 2.86. The maximum atomic E-state index is 5.97. The topological polar surface area (TPSA) is 35.2 Å². The van der Waals surface area contributed by atoms with Gasteiger partial charge in [-0.25, -0.2) is 0 Å². The van der Waals surface area contributed by atoms with E-state index in [9.17, 15) is 0 Å². The maximum absolute atomic E-state index is 5.97. The van der Waals surface area contributed by atoms with E-state index in [4.69, 9.17) is 10.5 Å². The van der Waals surface area contributed by atoms with Gasteiger partial charge < -0.3 is 10.5 Å². The minimum Gasteiger partial charge on any atom is -0.489 e. The quantitative estimate of drug-likeness (QED) is 0.791. The van der Waals surface area contributed by atoms with Crippen molar-refractivity contribution in [3.8, 4) is 5.75 Å². The summed E-state index contributed by atoms with van der Waals surface area (Å²) in [7, 11) is 0. The molecule has 0 saturated heterocycles. The molecule has 0 saturated carbocycles. The summed E-state index contributed by atoms with van der Waals surface area (Å²) in [5.74, 6) is 1.07. The van der Waals surface area contributed by atoms with E-state index in [1.165, 1.54) is 24.0 Å². The second-order valence-electron chi connectivity index (χ2n) is 5.14. The summed E-state index contributed by atoms with van der Waals surface area (Å²) in [6.07, 6.45) is 8.22. The number of fused-ring (bicyclic) bond motifs is 1. The van der Waals surface area contributed by atoms with Gasteiger partial charge in [0.2, 0.25) is 0 Å². The van der Waals surface area contributed by atoms with Crippen molar-refractivity contribution in [2.24, 2.45) is 5.73 Å². The normalized spacial score (nSPS) is 27.2. The number of para-hydroxylation sites is 1. The molecule has 0 amide bonds. The third kappa shape index (κ3) is 2.37. The molecule has 0 bridgehead atoms. The van der Waals surface area contributed by atoms with E-state index in [2.05, 4.69) is 24.3 Å². The lowest BCUT2D eigenvalue weighted by molar-refractivity contribution is 0.230. The Morgan fingerprint density at radius 1 is 1.29 bits per heavy atom. The van der Waals surface area contributed by atoms with Crippen molar-refractivity contribution in [1.82, 2.24) is 0 Å². The van der Waals surface area contributed by atoms with E-state index in [-0.39, 0.29) is 6.04 Å². The highest BCUT2D eigenvalue weighted by Gasteiger charge is 2.24. The number of rotatable bonds is 2. The van der Waals surface area contributed by atoms with Gasteiger partial charge in [0.1, 0.15) is 11.9 Å². The molecular weight excluding hydrogens is 210 g/mol. The monoisotopic (exact) mass is 229 g/mol. The lowest BCUT2D eigenvalue weighted by Gasteiger charge is -2.20. The number of ether oxygens (including phenoxy) is 1. The fourth-order valence-corrected chi connectivity index (χ4v) is 2.86. The largest absolute Gasteiger partial charge is 0.489 e. The first kappa shape index (κ1) is 10.8. The van der Waals surface area contributed by atoms with Gasteiger partial charge in [-0.05, 0) is 30.9 Å². The van der Waals surface area contributed by atoms with Crippen molar-refractivity contribution < 1.29 is 4.74 Å². The lowest BCUT2D eigenvalue weighted by Crippen LogP contribution is -2.22. The van der Waals surface area contributed by atoms with Crippen LogP contribution in [0.2, 0.25) is 0 Å². The average Bonchev–Trinajstić information content (AvgIpc) is 2.71. The highest BCUT2D eigenvalue weighted by Crippen LogP contribution is 2.32. The molecule has 2 aliphatic rings. The van der Waals surface area contributed by atoms with Gasteiger partial charge in [-0.15, -0.1) is 0 Å². The van der Waals surface area contributed by atoms with E-state index >= 15 is 0 Å². The molecular formula is C15H19NO. The van der Waals surface area contributed by atoms with E-state index in [0.29, 0.717) is 6.10 Å². The zero-order valence-corrected chi connectivity index (χ0v) is 10.1. The van der Waals surface area contributed by atoms with Gasteiger partial charge in [-0.1, -0.05) is 29.8 Å². The van der Waals surface area contributed by atoms with Gasteiger partial charge in [0.25, 0.3) is 0 Å². The molecule has 1 aromatic rings. The average molecular weight is 229 g/mol. The van der Waals surface area contributed by atoms with Crippen LogP contribution in [0, 0.1) is 0 Å². The number of hydrogen-bond acceptors (Lipinski definition) is 2. The molecule has 0 spiro atoms. The highest BCUT2D eigenvalue weighted by atomic mass is 16.5. The van der Waals surface area contributed by atoms with E-state index in [1.807, 2.05) is 6.07 Å². The van der Waals surface area contributed by atoms with Crippen molar-refractivity contribution in [3.05, 3.63) is 41.5 Å². The standard InChI is InChI=1S/C15H19NO/c16-13-6-3-4-11(8-13)9-14-10-12-5-1-2-7-15(12)17-14/h1-2,5,7-8,13-14H,3-4,6,9-10,16H2. The minimum absolute atomic E-state index is 0.266. The van der Waals surface area contributed by atoms with Gasteiger partial charge in [-0.2, -0.15) is 0 Å². The molecule has 1 aromatic carbocycles. The summed E-state index contributed by atoms with van der Waals surface area (Å²) in [5, 5.41) is 0. The predicted molar refractivity (Wildman–Crippen MR) is 69.1 cm³/mol. The Hall–Kier alpha value is -1.28. The molecule has 2 unspecified atom stereocenters. The second kappa shape index (κ2) is 4.53. The van der Waals surface area contributed by atoms with E-state index < -0.39 is 0 Å². The van der Waals surface area contributed by atoms with Crippen LogP contribution in [0.4, 0.5) is 0 Å². The molecule has 0 fully saturated rings. The van der Waals surface area contributed by atoms with Crippen LogP contribution in [0.25, 0.3) is 0 Å². The Bertz CT molecular complexity index is 413. The molecule has 2 nitrogen and oxygen atoms in total. The van der Waals surface area contributed by atoms with Crippen LogP contribution in [0.15, 0.2) is 35.9 Å². The van der Waals surface area contributed by atoms with E-state index in [1.54, 1.807) is 0 Å². The maximum Gasteiger partial charge on any atom is 0.123 e. The van der Waals surface area contributed by atoms with Gasteiger partial charge >= 0.3 is 0 Å². The second-order valence-corrected chi connectivity index (χ2v) is 5.14. The summed E-state index contributed by atoms with van der Waals surface area (Å²) in [6, 6.07) is 8.62. The van der Waals surface area contributed by atoms with Crippen LogP contribution in [0.1, 0.15) is 31.2 Å². The van der Waals surface area contributed by atoms with Crippen LogP contribution in [0.5, 0.6) is 5.75 Å². The Labute approximate surface area is 102 Å². The van der Waals surface area contributed by atoms with Gasteiger partial charge in [0.05, 0.1) is 0 Å². The summed E-state index contributed by atoms with van der Waals surface area (Å²) >= 11 is 0. The van der Waals surface area contributed by atoms with Crippen LogP contribution in [-0.2, 0) is 6.42 Å². The summed E-state index contributed by atoms with van der Waals surface area (Å²) in [5.41, 5.74) is 8.80. The molecule has 2 atom stereocenters. The fraction of sp³-hybridized carbons (Fsp3) is 0.467. The molecule has 17 heavy (non-hydrogen) atoms. The van der Waals surface area contributed by atoms with Crippen molar-refractivity contribution in [2.45, 2.75) is 44.2 Å². The van der Waals surface area contributed by atoms with Crippen molar-refractivity contribution in [3.63, 3.8) is 0 Å². The third-order valence-electron chi connectivity index (χ3n) is 3.69. The van der Waals surface area contributed by atoms with E-state index in [0.717, 1.165) is 25.0 Å². The van der Waals surface area contributed by atoms with Crippen LogP contribution in [-0.4, -0.2) is 12.1 Å². The molecule has 0 radical (unpaired) electrons. The van der Waals surface area contributed by atoms with Gasteiger partial charge in [0.15, 0.2) is 0 Å².